The first kappa shape index (κ1) is 19.5. The van der Waals surface area contributed by atoms with E-state index in [0.717, 1.165) is 24.1 Å². The van der Waals surface area contributed by atoms with Gasteiger partial charge in [0.25, 0.3) is 0 Å². The fourth-order valence-corrected chi connectivity index (χ4v) is 4.48. The predicted octanol–water partition coefficient (Wildman–Crippen LogP) is 5.45. The topological polar surface area (TPSA) is 55.1 Å². The SMILES string of the molecule is NC1(Cc2ccc3ccccc3c2)CC1c1ccc(NC(=O)Cc2ccccc2)cc1. The number of nitrogens with two attached hydrogens (primary N) is 1. The van der Waals surface area contributed by atoms with Gasteiger partial charge in [0, 0.05) is 17.1 Å². The molecule has 5 rings (SSSR count). The van der Waals surface area contributed by atoms with Crippen molar-refractivity contribution >= 4 is 22.4 Å². The molecule has 3 N–H and O–H groups in total. The minimum Gasteiger partial charge on any atom is -0.326 e. The van der Waals surface area contributed by atoms with E-state index in [1.807, 2.05) is 42.5 Å². The molecule has 0 aliphatic heterocycles. The molecule has 31 heavy (non-hydrogen) atoms. The lowest BCUT2D eigenvalue weighted by Crippen LogP contribution is -2.27. The Balaban J connectivity index is 1.21. The van der Waals surface area contributed by atoms with Gasteiger partial charge >= 0.3 is 0 Å². The lowest BCUT2D eigenvalue weighted by atomic mass is 9.97. The van der Waals surface area contributed by atoms with E-state index in [9.17, 15) is 4.79 Å². The molecule has 2 atom stereocenters. The van der Waals surface area contributed by atoms with Gasteiger partial charge in [0.1, 0.15) is 0 Å². The summed E-state index contributed by atoms with van der Waals surface area (Å²) in [7, 11) is 0. The van der Waals surface area contributed by atoms with Crippen LogP contribution in [0.25, 0.3) is 10.8 Å². The first-order valence-electron chi connectivity index (χ1n) is 10.8. The lowest BCUT2D eigenvalue weighted by Gasteiger charge is -2.13. The maximum atomic E-state index is 12.3. The van der Waals surface area contributed by atoms with Crippen LogP contribution in [0.5, 0.6) is 0 Å². The molecule has 1 saturated carbocycles. The van der Waals surface area contributed by atoms with Crippen LogP contribution in [-0.4, -0.2) is 11.4 Å². The van der Waals surface area contributed by atoms with Crippen molar-refractivity contribution in [1.82, 2.24) is 0 Å². The van der Waals surface area contributed by atoms with E-state index in [0.29, 0.717) is 12.3 Å². The normalized spacial score (nSPS) is 19.8. The van der Waals surface area contributed by atoms with Crippen molar-refractivity contribution in [1.29, 1.82) is 0 Å². The highest BCUT2D eigenvalue weighted by Gasteiger charge is 2.51. The number of fused-ring (bicyclic) bond motifs is 1. The molecular weight excluding hydrogens is 380 g/mol. The van der Waals surface area contributed by atoms with Crippen LogP contribution in [0.2, 0.25) is 0 Å². The lowest BCUT2D eigenvalue weighted by molar-refractivity contribution is -0.115. The fraction of sp³-hybridized carbons (Fsp3) is 0.179. The minimum absolute atomic E-state index is 0.00477. The van der Waals surface area contributed by atoms with Crippen LogP contribution in [0.15, 0.2) is 97.1 Å². The van der Waals surface area contributed by atoms with Crippen molar-refractivity contribution in [2.75, 3.05) is 5.32 Å². The van der Waals surface area contributed by atoms with Crippen LogP contribution in [0.1, 0.15) is 29.0 Å². The standard InChI is InChI=1S/C28H26N2O/c29-28(18-21-10-11-22-8-4-5-9-24(22)16-21)19-26(28)23-12-14-25(15-13-23)30-27(31)17-20-6-2-1-3-7-20/h1-16,26H,17-19,29H2,(H,30,31). The highest BCUT2D eigenvalue weighted by atomic mass is 16.1. The molecule has 0 saturated heterocycles. The Hall–Kier alpha value is -3.43. The van der Waals surface area contributed by atoms with Gasteiger partial charge in [0.15, 0.2) is 0 Å². The van der Waals surface area contributed by atoms with Crippen LogP contribution >= 0.6 is 0 Å². The third kappa shape index (κ3) is 4.37. The fourth-order valence-electron chi connectivity index (χ4n) is 4.48. The van der Waals surface area contributed by atoms with Gasteiger partial charge in [0.2, 0.25) is 5.91 Å². The summed E-state index contributed by atoms with van der Waals surface area (Å²) < 4.78 is 0. The van der Waals surface area contributed by atoms with E-state index < -0.39 is 0 Å². The van der Waals surface area contributed by atoms with Gasteiger partial charge in [-0.15, -0.1) is 0 Å². The average Bonchev–Trinajstić information content (AvgIpc) is 3.45. The molecule has 1 fully saturated rings. The number of hydrogen-bond acceptors (Lipinski definition) is 2. The first-order valence-corrected chi connectivity index (χ1v) is 10.8. The van der Waals surface area contributed by atoms with Crippen LogP contribution in [-0.2, 0) is 17.6 Å². The van der Waals surface area contributed by atoms with Crippen LogP contribution in [0.3, 0.4) is 0 Å². The van der Waals surface area contributed by atoms with E-state index >= 15 is 0 Å². The number of nitrogens with one attached hydrogen (secondary N) is 1. The van der Waals surface area contributed by atoms with Gasteiger partial charge in [-0.1, -0.05) is 84.9 Å². The molecule has 4 aromatic carbocycles. The molecule has 3 heteroatoms. The van der Waals surface area contributed by atoms with Gasteiger partial charge in [-0.3, -0.25) is 4.79 Å². The highest BCUT2D eigenvalue weighted by Crippen LogP contribution is 2.51. The molecule has 0 heterocycles. The quantitative estimate of drug-likeness (QED) is 0.447. The van der Waals surface area contributed by atoms with Crippen molar-refractivity contribution < 1.29 is 4.79 Å². The smallest absolute Gasteiger partial charge is 0.228 e. The summed E-state index contributed by atoms with van der Waals surface area (Å²) in [6.45, 7) is 0. The summed E-state index contributed by atoms with van der Waals surface area (Å²) in [5, 5.41) is 5.50. The molecule has 0 bridgehead atoms. The van der Waals surface area contributed by atoms with Crippen molar-refractivity contribution in [2.45, 2.75) is 30.7 Å². The van der Waals surface area contributed by atoms with Crippen molar-refractivity contribution in [3.05, 3.63) is 114 Å². The van der Waals surface area contributed by atoms with Crippen molar-refractivity contribution in [2.24, 2.45) is 5.73 Å². The summed E-state index contributed by atoms with van der Waals surface area (Å²) in [6.07, 6.45) is 2.24. The monoisotopic (exact) mass is 406 g/mol. The number of rotatable bonds is 6. The van der Waals surface area contributed by atoms with Crippen molar-refractivity contribution in [3.63, 3.8) is 0 Å². The summed E-state index contributed by atoms with van der Waals surface area (Å²) in [5.74, 6) is 0.350. The Labute approximate surface area is 182 Å². The minimum atomic E-state index is -0.194. The van der Waals surface area contributed by atoms with Crippen LogP contribution in [0.4, 0.5) is 5.69 Å². The number of carbonyl (C=O) groups is 1. The molecule has 4 aromatic rings. The third-order valence-corrected chi connectivity index (χ3v) is 6.27. The van der Waals surface area contributed by atoms with E-state index in [-0.39, 0.29) is 11.4 Å². The average molecular weight is 407 g/mol. The number of amides is 1. The Morgan fingerprint density at radius 2 is 1.55 bits per heavy atom. The molecule has 2 unspecified atom stereocenters. The molecule has 0 aromatic heterocycles. The summed E-state index contributed by atoms with van der Waals surface area (Å²) in [5.41, 5.74) is 10.9. The molecule has 3 nitrogen and oxygen atoms in total. The van der Waals surface area contributed by atoms with Gasteiger partial charge in [-0.05, 0) is 52.4 Å². The summed E-state index contributed by atoms with van der Waals surface area (Å²) in [4.78, 5) is 12.3. The first-order chi connectivity index (χ1) is 15.1. The number of hydrogen-bond donors (Lipinski definition) is 2. The van der Waals surface area contributed by atoms with Gasteiger partial charge < -0.3 is 11.1 Å². The van der Waals surface area contributed by atoms with Crippen LogP contribution < -0.4 is 11.1 Å². The second-order valence-corrected chi connectivity index (χ2v) is 8.68. The molecule has 154 valence electrons. The summed E-state index contributed by atoms with van der Waals surface area (Å²) in [6, 6.07) is 33.0. The molecule has 1 aliphatic carbocycles. The maximum Gasteiger partial charge on any atom is 0.228 e. The van der Waals surface area contributed by atoms with E-state index in [4.69, 9.17) is 5.73 Å². The zero-order chi connectivity index (χ0) is 21.3. The Morgan fingerprint density at radius 3 is 2.32 bits per heavy atom. The Kier molecular flexibility index (Phi) is 5.05. The van der Waals surface area contributed by atoms with Gasteiger partial charge in [0.05, 0.1) is 6.42 Å². The molecule has 1 aliphatic rings. The van der Waals surface area contributed by atoms with E-state index in [2.05, 4.69) is 59.9 Å². The second kappa shape index (κ2) is 8.01. The number of benzene rings is 4. The van der Waals surface area contributed by atoms with Crippen LogP contribution in [0, 0.1) is 0 Å². The zero-order valence-electron chi connectivity index (χ0n) is 17.4. The predicted molar refractivity (Wildman–Crippen MR) is 127 cm³/mol. The summed E-state index contributed by atoms with van der Waals surface area (Å²) >= 11 is 0. The number of anilines is 1. The molecule has 0 radical (unpaired) electrons. The van der Waals surface area contributed by atoms with E-state index in [1.165, 1.54) is 21.9 Å². The zero-order valence-corrected chi connectivity index (χ0v) is 17.4. The number of carbonyl (C=O) groups excluding carboxylic acids is 1. The molecule has 0 spiro atoms. The Morgan fingerprint density at radius 1 is 0.839 bits per heavy atom. The largest absolute Gasteiger partial charge is 0.326 e. The molecule has 1 amide bonds. The third-order valence-electron chi connectivity index (χ3n) is 6.27. The van der Waals surface area contributed by atoms with Crippen molar-refractivity contribution in [3.8, 4) is 0 Å². The van der Waals surface area contributed by atoms with Gasteiger partial charge in [-0.2, -0.15) is 0 Å². The maximum absolute atomic E-state index is 12.3. The van der Waals surface area contributed by atoms with Gasteiger partial charge in [-0.25, -0.2) is 0 Å². The second-order valence-electron chi connectivity index (χ2n) is 8.68. The molecular formula is C28H26N2O. The highest BCUT2D eigenvalue weighted by molar-refractivity contribution is 5.92. The Bertz CT molecular complexity index is 1220. The van der Waals surface area contributed by atoms with E-state index in [1.54, 1.807) is 0 Å².